The molecule has 0 spiro atoms. The van der Waals surface area contributed by atoms with Crippen molar-refractivity contribution in [3.63, 3.8) is 0 Å². The van der Waals surface area contributed by atoms with E-state index in [1.165, 1.54) is 12.8 Å². The second kappa shape index (κ2) is 7.36. The Labute approximate surface area is 141 Å². The minimum Gasteiger partial charge on any atom is -0.303 e. The van der Waals surface area contributed by atoms with Gasteiger partial charge < -0.3 is 4.90 Å². The molecule has 0 amide bonds. The van der Waals surface area contributed by atoms with Crippen molar-refractivity contribution >= 4 is 11.5 Å². The van der Waals surface area contributed by atoms with Crippen molar-refractivity contribution in [1.29, 1.82) is 0 Å². The Morgan fingerprint density at radius 2 is 1.79 bits per heavy atom. The van der Waals surface area contributed by atoms with Gasteiger partial charge in [0.05, 0.1) is 4.92 Å². The number of rotatable bonds is 6. The lowest BCUT2D eigenvalue weighted by molar-refractivity contribution is -0.385. The van der Waals surface area contributed by atoms with Crippen LogP contribution in [0.3, 0.4) is 0 Å². The Kier molecular flexibility index (Phi) is 5.01. The number of hydrogen-bond acceptors (Lipinski definition) is 4. The molecule has 0 N–H and O–H groups in total. The van der Waals surface area contributed by atoms with Gasteiger partial charge in [0.15, 0.2) is 5.78 Å². The highest BCUT2D eigenvalue weighted by Crippen LogP contribution is 2.24. The first-order valence-electron chi connectivity index (χ1n) is 8.24. The Morgan fingerprint density at radius 1 is 1.08 bits per heavy atom. The summed E-state index contributed by atoms with van der Waals surface area (Å²) in [4.78, 5) is 25.9. The lowest BCUT2D eigenvalue weighted by Gasteiger charge is -2.14. The molecule has 1 fully saturated rings. The summed E-state index contributed by atoms with van der Waals surface area (Å²) in [6, 6.07) is 13.6. The number of carbonyl (C=O) groups is 1. The van der Waals surface area contributed by atoms with E-state index in [-0.39, 0.29) is 17.0 Å². The highest BCUT2D eigenvalue weighted by atomic mass is 16.6. The second-order valence-electron chi connectivity index (χ2n) is 6.10. The molecule has 5 heteroatoms. The zero-order valence-electron chi connectivity index (χ0n) is 13.5. The van der Waals surface area contributed by atoms with Crippen LogP contribution in [0.15, 0.2) is 48.5 Å². The molecule has 124 valence electrons. The van der Waals surface area contributed by atoms with Gasteiger partial charge in [-0.15, -0.1) is 0 Å². The summed E-state index contributed by atoms with van der Waals surface area (Å²) < 4.78 is 0. The Morgan fingerprint density at radius 3 is 2.46 bits per heavy atom. The number of nitro groups is 1. The van der Waals surface area contributed by atoms with Gasteiger partial charge >= 0.3 is 0 Å². The molecule has 0 aliphatic carbocycles. The molecule has 0 atom stereocenters. The number of benzene rings is 2. The smallest absolute Gasteiger partial charge is 0.280 e. The minimum atomic E-state index is -0.463. The minimum absolute atomic E-state index is 0.109. The van der Waals surface area contributed by atoms with Gasteiger partial charge in [0.25, 0.3) is 5.69 Å². The van der Waals surface area contributed by atoms with Gasteiger partial charge in [-0.3, -0.25) is 14.9 Å². The van der Waals surface area contributed by atoms with Crippen LogP contribution in [0.1, 0.15) is 34.3 Å². The van der Waals surface area contributed by atoms with Crippen LogP contribution in [0.25, 0.3) is 0 Å². The van der Waals surface area contributed by atoms with Crippen LogP contribution in [0.5, 0.6) is 0 Å². The molecule has 0 unspecified atom stereocenters. The molecule has 1 aliphatic rings. The Hall–Kier alpha value is -2.53. The van der Waals surface area contributed by atoms with E-state index in [1.54, 1.807) is 36.4 Å². The quantitative estimate of drug-likeness (QED) is 0.464. The van der Waals surface area contributed by atoms with E-state index in [9.17, 15) is 14.9 Å². The van der Waals surface area contributed by atoms with Crippen molar-refractivity contribution in [3.05, 3.63) is 75.3 Å². The van der Waals surface area contributed by atoms with Gasteiger partial charge in [-0.05, 0) is 44.0 Å². The summed E-state index contributed by atoms with van der Waals surface area (Å²) in [6.07, 6.45) is 3.22. The van der Waals surface area contributed by atoms with E-state index >= 15 is 0 Å². The summed E-state index contributed by atoms with van der Waals surface area (Å²) in [7, 11) is 0. The van der Waals surface area contributed by atoms with Gasteiger partial charge in [-0.25, -0.2) is 0 Å². The fraction of sp³-hybridized carbons (Fsp3) is 0.316. The highest BCUT2D eigenvalue weighted by Gasteiger charge is 2.22. The fourth-order valence-corrected chi connectivity index (χ4v) is 3.11. The van der Waals surface area contributed by atoms with Crippen LogP contribution >= 0.6 is 0 Å². The maximum atomic E-state index is 12.5. The van der Waals surface area contributed by atoms with Gasteiger partial charge in [0.1, 0.15) is 5.56 Å². The van der Waals surface area contributed by atoms with Crippen LogP contribution in [-0.4, -0.2) is 35.2 Å². The molecule has 24 heavy (non-hydrogen) atoms. The van der Waals surface area contributed by atoms with E-state index in [2.05, 4.69) is 4.90 Å². The molecule has 5 nitrogen and oxygen atoms in total. The zero-order valence-corrected chi connectivity index (χ0v) is 13.5. The van der Waals surface area contributed by atoms with E-state index < -0.39 is 4.92 Å². The molecule has 1 aliphatic heterocycles. The third-order valence-corrected chi connectivity index (χ3v) is 4.45. The molecule has 2 aromatic carbocycles. The highest BCUT2D eigenvalue weighted by molar-refractivity contribution is 6.11. The number of ketones is 1. The summed E-state index contributed by atoms with van der Waals surface area (Å²) in [5.41, 5.74) is 1.41. The summed E-state index contributed by atoms with van der Waals surface area (Å²) in [5, 5.41) is 11.4. The first kappa shape index (κ1) is 16.3. The number of likely N-dealkylation sites (tertiary alicyclic amines) is 1. The van der Waals surface area contributed by atoms with E-state index in [0.29, 0.717) is 5.56 Å². The van der Waals surface area contributed by atoms with Gasteiger partial charge in [0.2, 0.25) is 0 Å². The van der Waals surface area contributed by atoms with Gasteiger partial charge in [0, 0.05) is 18.2 Å². The predicted molar refractivity (Wildman–Crippen MR) is 92.3 cm³/mol. The standard InChI is InChI=1S/C19H20N2O3/c22-19(16-6-2-1-3-7-16)17-9-8-15(14-18(17)21(23)24)10-13-20-11-4-5-12-20/h1-3,6-9,14H,4-5,10-13H2. The number of carbonyl (C=O) groups excluding carboxylic acids is 1. The molecule has 1 saturated heterocycles. The predicted octanol–water partition coefficient (Wildman–Crippen LogP) is 3.46. The van der Waals surface area contributed by atoms with Crippen LogP contribution in [0.4, 0.5) is 5.69 Å². The largest absolute Gasteiger partial charge is 0.303 e. The number of nitro benzene ring substituents is 1. The van der Waals surface area contributed by atoms with Crippen LogP contribution in [-0.2, 0) is 6.42 Å². The van der Waals surface area contributed by atoms with Crippen molar-refractivity contribution in [2.75, 3.05) is 19.6 Å². The van der Waals surface area contributed by atoms with E-state index in [1.807, 2.05) is 12.1 Å². The maximum Gasteiger partial charge on any atom is 0.280 e. The third kappa shape index (κ3) is 3.68. The fourth-order valence-electron chi connectivity index (χ4n) is 3.11. The monoisotopic (exact) mass is 324 g/mol. The molecule has 3 rings (SSSR count). The average molecular weight is 324 g/mol. The lowest BCUT2D eigenvalue weighted by Crippen LogP contribution is -2.22. The SMILES string of the molecule is O=C(c1ccccc1)c1ccc(CCN2CCCC2)cc1[N+](=O)[O-]. The Balaban J connectivity index is 1.82. The Bertz CT molecular complexity index is 738. The third-order valence-electron chi connectivity index (χ3n) is 4.45. The van der Waals surface area contributed by atoms with Crippen molar-refractivity contribution in [3.8, 4) is 0 Å². The average Bonchev–Trinajstić information content (AvgIpc) is 3.13. The molecule has 1 heterocycles. The van der Waals surface area contributed by atoms with E-state index in [0.717, 1.165) is 31.6 Å². The second-order valence-corrected chi connectivity index (χ2v) is 6.10. The van der Waals surface area contributed by atoms with Gasteiger partial charge in [-0.1, -0.05) is 36.4 Å². The van der Waals surface area contributed by atoms with Gasteiger partial charge in [-0.2, -0.15) is 0 Å². The van der Waals surface area contributed by atoms with Crippen molar-refractivity contribution < 1.29 is 9.72 Å². The molecule has 0 aromatic heterocycles. The molecule has 0 saturated carbocycles. The van der Waals surface area contributed by atoms with E-state index in [4.69, 9.17) is 0 Å². The van der Waals surface area contributed by atoms with Crippen LogP contribution in [0, 0.1) is 10.1 Å². The molecule has 0 radical (unpaired) electrons. The summed E-state index contributed by atoms with van der Waals surface area (Å²) in [5.74, 6) is -0.312. The summed E-state index contributed by atoms with van der Waals surface area (Å²) in [6.45, 7) is 3.11. The number of hydrogen-bond donors (Lipinski definition) is 0. The lowest BCUT2D eigenvalue weighted by atomic mass is 9.99. The van der Waals surface area contributed by atoms with Crippen molar-refractivity contribution in [1.82, 2.24) is 4.90 Å². The van der Waals surface area contributed by atoms with Crippen molar-refractivity contribution in [2.24, 2.45) is 0 Å². The summed E-state index contributed by atoms with van der Waals surface area (Å²) >= 11 is 0. The molecule has 2 aromatic rings. The maximum absolute atomic E-state index is 12.5. The molecule has 0 bridgehead atoms. The molecular formula is C19H20N2O3. The molecular weight excluding hydrogens is 304 g/mol. The van der Waals surface area contributed by atoms with Crippen LogP contribution in [0.2, 0.25) is 0 Å². The first-order chi connectivity index (χ1) is 11.6. The topological polar surface area (TPSA) is 63.5 Å². The first-order valence-corrected chi connectivity index (χ1v) is 8.24. The van der Waals surface area contributed by atoms with Crippen LogP contribution < -0.4 is 0 Å². The van der Waals surface area contributed by atoms with Crippen molar-refractivity contribution in [2.45, 2.75) is 19.3 Å². The normalized spacial score (nSPS) is 14.7. The zero-order chi connectivity index (χ0) is 16.9. The number of nitrogens with zero attached hydrogens (tertiary/aromatic N) is 2.